The van der Waals surface area contributed by atoms with Gasteiger partial charge in [-0.2, -0.15) is 5.10 Å². The average molecular weight is 332 g/mol. The van der Waals surface area contributed by atoms with E-state index in [-0.39, 0.29) is 12.0 Å². The number of rotatable bonds is 1. The van der Waals surface area contributed by atoms with E-state index in [1.54, 1.807) is 16.6 Å². The van der Waals surface area contributed by atoms with Crippen LogP contribution < -0.4 is 0 Å². The molecular formula is C17H24N4O3. The van der Waals surface area contributed by atoms with Crippen molar-refractivity contribution in [3.05, 3.63) is 17.0 Å². The lowest BCUT2D eigenvalue weighted by atomic mass is 9.91. The van der Waals surface area contributed by atoms with Crippen LogP contribution in [0.2, 0.25) is 0 Å². The van der Waals surface area contributed by atoms with Crippen LogP contribution in [0, 0.1) is 0 Å². The zero-order valence-electron chi connectivity index (χ0n) is 14.4. The monoisotopic (exact) mass is 332 g/mol. The molecule has 2 fully saturated rings. The van der Waals surface area contributed by atoms with Gasteiger partial charge in [0.15, 0.2) is 0 Å². The number of hydrogen-bond acceptors (Lipinski definition) is 4. The normalized spacial score (nSPS) is 26.7. The third-order valence-electron chi connectivity index (χ3n) is 5.49. The van der Waals surface area contributed by atoms with Crippen LogP contribution in [0.4, 0.5) is 4.79 Å². The van der Waals surface area contributed by atoms with Crippen LogP contribution >= 0.6 is 0 Å². The summed E-state index contributed by atoms with van der Waals surface area (Å²) in [7, 11) is 3.60. The minimum absolute atomic E-state index is 0.0258. The Labute approximate surface area is 141 Å². The van der Waals surface area contributed by atoms with Gasteiger partial charge in [-0.15, -0.1) is 0 Å². The van der Waals surface area contributed by atoms with E-state index in [4.69, 9.17) is 4.74 Å². The molecule has 1 atom stereocenters. The number of piperidine rings is 1. The molecule has 7 heteroatoms. The second kappa shape index (κ2) is 5.50. The van der Waals surface area contributed by atoms with E-state index in [1.165, 1.54) is 0 Å². The van der Waals surface area contributed by atoms with Gasteiger partial charge < -0.3 is 14.5 Å². The van der Waals surface area contributed by atoms with Gasteiger partial charge in [0, 0.05) is 26.2 Å². The highest BCUT2D eigenvalue weighted by Crippen LogP contribution is 2.33. The summed E-state index contributed by atoms with van der Waals surface area (Å²) in [6.45, 7) is 1.74. The van der Waals surface area contributed by atoms with Crippen molar-refractivity contribution < 1.29 is 14.3 Å². The predicted molar refractivity (Wildman–Crippen MR) is 86.8 cm³/mol. The number of ether oxygens (including phenoxy) is 1. The second-order valence-electron chi connectivity index (χ2n) is 7.34. The fraction of sp³-hybridized carbons (Fsp3) is 0.706. The maximum atomic E-state index is 13.2. The van der Waals surface area contributed by atoms with Crippen molar-refractivity contribution in [2.45, 2.75) is 44.1 Å². The van der Waals surface area contributed by atoms with Gasteiger partial charge in [-0.1, -0.05) is 0 Å². The van der Waals surface area contributed by atoms with E-state index in [0.29, 0.717) is 19.6 Å². The number of likely N-dealkylation sites (N-methyl/N-ethyl adjacent to an activating group) is 1. The lowest BCUT2D eigenvalue weighted by Gasteiger charge is -2.38. The number of amides is 2. The van der Waals surface area contributed by atoms with Crippen LogP contribution in [-0.2, 0) is 24.6 Å². The van der Waals surface area contributed by atoms with Crippen molar-refractivity contribution in [1.82, 2.24) is 19.6 Å². The molecule has 0 aromatic carbocycles. The van der Waals surface area contributed by atoms with Gasteiger partial charge >= 0.3 is 6.09 Å². The number of fused-ring (bicyclic) bond motifs is 1. The van der Waals surface area contributed by atoms with Crippen LogP contribution in [0.25, 0.3) is 0 Å². The first-order valence-electron chi connectivity index (χ1n) is 8.77. The molecule has 0 bridgehead atoms. The van der Waals surface area contributed by atoms with Crippen molar-refractivity contribution in [3.8, 4) is 0 Å². The van der Waals surface area contributed by atoms with E-state index in [9.17, 15) is 9.59 Å². The van der Waals surface area contributed by atoms with Crippen LogP contribution in [0.15, 0.2) is 0 Å². The standard InChI is InChI=1S/C17H24N4O3/c1-19-10-17(24-16(19)23)8-5-9-21(11-17)15(22)14-12-6-3-4-7-13(12)18-20(14)2/h3-11H2,1-2H3/t17-/m1/s1. The minimum Gasteiger partial charge on any atom is -0.439 e. The Balaban J connectivity index is 1.59. The minimum atomic E-state index is -0.543. The van der Waals surface area contributed by atoms with Crippen LogP contribution in [0.3, 0.4) is 0 Å². The van der Waals surface area contributed by atoms with E-state index < -0.39 is 5.60 Å². The Kier molecular flexibility index (Phi) is 3.54. The van der Waals surface area contributed by atoms with E-state index in [0.717, 1.165) is 55.5 Å². The second-order valence-corrected chi connectivity index (χ2v) is 7.34. The maximum Gasteiger partial charge on any atom is 0.410 e. The lowest BCUT2D eigenvalue weighted by Crippen LogP contribution is -2.52. The fourth-order valence-corrected chi connectivity index (χ4v) is 4.37. The molecule has 130 valence electrons. The molecule has 0 radical (unpaired) electrons. The molecule has 1 aliphatic carbocycles. The van der Waals surface area contributed by atoms with E-state index in [1.807, 2.05) is 11.9 Å². The zero-order chi connectivity index (χ0) is 16.9. The highest BCUT2D eigenvalue weighted by molar-refractivity contribution is 5.94. The summed E-state index contributed by atoms with van der Waals surface area (Å²) in [6, 6.07) is 0. The van der Waals surface area contributed by atoms with Crippen molar-refractivity contribution in [3.63, 3.8) is 0 Å². The number of likely N-dealkylation sites (tertiary alicyclic amines) is 1. The first-order chi connectivity index (χ1) is 11.5. The molecule has 7 nitrogen and oxygen atoms in total. The summed E-state index contributed by atoms with van der Waals surface area (Å²) in [5.74, 6) is 0.0258. The summed E-state index contributed by atoms with van der Waals surface area (Å²) >= 11 is 0. The zero-order valence-corrected chi connectivity index (χ0v) is 14.4. The van der Waals surface area contributed by atoms with Crippen molar-refractivity contribution >= 4 is 12.0 Å². The third kappa shape index (κ3) is 2.37. The maximum absolute atomic E-state index is 13.2. The van der Waals surface area contributed by atoms with Gasteiger partial charge in [-0.05, 0) is 38.5 Å². The Hall–Kier alpha value is -2.05. The predicted octanol–water partition coefficient (Wildman–Crippen LogP) is 1.36. The highest BCUT2D eigenvalue weighted by atomic mass is 16.6. The molecule has 4 rings (SSSR count). The summed E-state index contributed by atoms with van der Waals surface area (Å²) in [5, 5.41) is 4.56. The number of aromatic nitrogens is 2. The molecule has 3 heterocycles. The number of carbonyl (C=O) groups is 2. The van der Waals surface area contributed by atoms with Gasteiger partial charge in [0.25, 0.3) is 5.91 Å². The Morgan fingerprint density at radius 3 is 2.71 bits per heavy atom. The third-order valence-corrected chi connectivity index (χ3v) is 5.49. The average Bonchev–Trinajstić information content (AvgIpc) is 3.02. The molecule has 1 spiro atoms. The van der Waals surface area contributed by atoms with Crippen molar-refractivity contribution in [2.75, 3.05) is 26.7 Å². The smallest absolute Gasteiger partial charge is 0.410 e. The number of carbonyl (C=O) groups excluding carboxylic acids is 2. The number of nitrogens with zero attached hydrogens (tertiary/aromatic N) is 4. The van der Waals surface area contributed by atoms with Crippen LogP contribution in [-0.4, -0.2) is 63.9 Å². The van der Waals surface area contributed by atoms with Crippen LogP contribution in [0.5, 0.6) is 0 Å². The Morgan fingerprint density at radius 2 is 1.96 bits per heavy atom. The van der Waals surface area contributed by atoms with E-state index in [2.05, 4.69) is 5.10 Å². The largest absolute Gasteiger partial charge is 0.439 e. The van der Waals surface area contributed by atoms with Gasteiger partial charge in [-0.25, -0.2) is 4.79 Å². The van der Waals surface area contributed by atoms with Gasteiger partial charge in [0.05, 0.1) is 18.8 Å². The molecule has 0 N–H and O–H groups in total. The quantitative estimate of drug-likeness (QED) is 0.779. The van der Waals surface area contributed by atoms with Crippen molar-refractivity contribution in [1.29, 1.82) is 0 Å². The first-order valence-corrected chi connectivity index (χ1v) is 8.77. The van der Waals surface area contributed by atoms with Gasteiger partial charge in [-0.3, -0.25) is 9.48 Å². The van der Waals surface area contributed by atoms with Crippen LogP contribution in [0.1, 0.15) is 47.4 Å². The molecule has 1 aromatic rings. The molecule has 2 saturated heterocycles. The lowest BCUT2D eigenvalue weighted by molar-refractivity contribution is -0.00563. The van der Waals surface area contributed by atoms with E-state index >= 15 is 0 Å². The molecule has 24 heavy (non-hydrogen) atoms. The molecule has 2 amide bonds. The molecule has 3 aliphatic rings. The first kappa shape index (κ1) is 15.5. The number of hydrogen-bond donors (Lipinski definition) is 0. The topological polar surface area (TPSA) is 67.7 Å². The fourth-order valence-electron chi connectivity index (χ4n) is 4.37. The van der Waals surface area contributed by atoms with Gasteiger partial charge in [0.2, 0.25) is 0 Å². The van der Waals surface area contributed by atoms with Gasteiger partial charge in [0.1, 0.15) is 11.3 Å². The Morgan fingerprint density at radius 1 is 1.17 bits per heavy atom. The number of aryl methyl sites for hydroxylation is 2. The molecule has 0 unspecified atom stereocenters. The molecule has 2 aliphatic heterocycles. The van der Waals surface area contributed by atoms with Crippen molar-refractivity contribution in [2.24, 2.45) is 7.05 Å². The summed E-state index contributed by atoms with van der Waals surface area (Å²) in [4.78, 5) is 28.4. The molecular weight excluding hydrogens is 308 g/mol. The highest BCUT2D eigenvalue weighted by Gasteiger charge is 2.47. The Bertz CT molecular complexity index is 698. The summed E-state index contributed by atoms with van der Waals surface area (Å²) < 4.78 is 7.36. The molecule has 1 aromatic heterocycles. The summed E-state index contributed by atoms with van der Waals surface area (Å²) in [5.41, 5.74) is 2.37. The summed E-state index contributed by atoms with van der Waals surface area (Å²) in [6.07, 6.45) is 5.53. The molecule has 0 saturated carbocycles. The SMILES string of the molecule is CN1C[C@@]2(CCCN(C(=O)c3c4c(nn3C)CCCC4)C2)OC1=O.